The Morgan fingerprint density at radius 3 is 2.37 bits per heavy atom. The molecule has 5 heteroatoms. The molecule has 144 valence electrons. The summed E-state index contributed by atoms with van der Waals surface area (Å²) in [6, 6.07) is 17.8. The van der Waals surface area contributed by atoms with Crippen molar-refractivity contribution >= 4 is 17.6 Å². The van der Waals surface area contributed by atoms with Gasteiger partial charge in [-0.1, -0.05) is 42.5 Å². The van der Waals surface area contributed by atoms with Crippen LogP contribution in [-0.4, -0.2) is 37.1 Å². The zero-order valence-electron chi connectivity index (χ0n) is 16.0. The lowest BCUT2D eigenvalue weighted by molar-refractivity contribution is -0.137. The fourth-order valence-electron chi connectivity index (χ4n) is 2.97. The first-order valence-corrected chi connectivity index (χ1v) is 9.25. The minimum atomic E-state index is -0.845. The van der Waals surface area contributed by atoms with Crippen molar-refractivity contribution in [2.45, 2.75) is 38.1 Å². The van der Waals surface area contributed by atoms with Crippen LogP contribution in [0.1, 0.15) is 30.4 Å². The van der Waals surface area contributed by atoms with Crippen molar-refractivity contribution in [2.24, 2.45) is 0 Å². The summed E-state index contributed by atoms with van der Waals surface area (Å²) >= 11 is 0. The number of aliphatic carboxylic acids is 1. The predicted molar refractivity (Wildman–Crippen MR) is 108 cm³/mol. The van der Waals surface area contributed by atoms with Gasteiger partial charge in [0.05, 0.1) is 0 Å². The molecule has 0 saturated heterocycles. The molecule has 0 aliphatic carbocycles. The maximum atomic E-state index is 12.4. The van der Waals surface area contributed by atoms with Crippen LogP contribution in [0.25, 0.3) is 0 Å². The van der Waals surface area contributed by atoms with Crippen molar-refractivity contribution in [2.75, 3.05) is 19.0 Å². The van der Waals surface area contributed by atoms with E-state index in [2.05, 4.69) is 11.4 Å². The van der Waals surface area contributed by atoms with Crippen LogP contribution in [-0.2, 0) is 22.4 Å². The Hall–Kier alpha value is -2.82. The average Bonchev–Trinajstić information content (AvgIpc) is 2.65. The Labute approximate surface area is 161 Å². The summed E-state index contributed by atoms with van der Waals surface area (Å²) < 4.78 is 0. The van der Waals surface area contributed by atoms with Gasteiger partial charge in [0.25, 0.3) is 0 Å². The summed E-state index contributed by atoms with van der Waals surface area (Å²) in [7, 11) is 3.98. The largest absolute Gasteiger partial charge is 0.481 e. The molecule has 1 unspecified atom stereocenters. The number of hydrogen-bond donors (Lipinski definition) is 2. The minimum Gasteiger partial charge on any atom is -0.481 e. The molecule has 0 saturated carbocycles. The molecule has 0 aliphatic heterocycles. The summed E-state index contributed by atoms with van der Waals surface area (Å²) in [6.07, 6.45) is 2.14. The Kier molecular flexibility index (Phi) is 7.86. The molecular formula is C22H28N2O3. The second-order valence-corrected chi connectivity index (χ2v) is 6.95. The summed E-state index contributed by atoms with van der Waals surface area (Å²) in [5.41, 5.74) is 3.31. The van der Waals surface area contributed by atoms with Crippen LogP contribution in [0, 0.1) is 0 Å². The Balaban J connectivity index is 1.92. The van der Waals surface area contributed by atoms with Gasteiger partial charge < -0.3 is 15.3 Å². The van der Waals surface area contributed by atoms with Crippen LogP contribution >= 0.6 is 0 Å². The topological polar surface area (TPSA) is 69.6 Å². The van der Waals surface area contributed by atoms with E-state index >= 15 is 0 Å². The van der Waals surface area contributed by atoms with Gasteiger partial charge in [0.2, 0.25) is 5.91 Å². The van der Waals surface area contributed by atoms with Crippen molar-refractivity contribution in [3.63, 3.8) is 0 Å². The van der Waals surface area contributed by atoms with Crippen molar-refractivity contribution < 1.29 is 14.7 Å². The van der Waals surface area contributed by atoms with Gasteiger partial charge in [0.15, 0.2) is 0 Å². The number of anilines is 1. The number of amides is 1. The van der Waals surface area contributed by atoms with E-state index in [1.165, 1.54) is 0 Å². The smallest absolute Gasteiger partial charge is 0.303 e. The lowest BCUT2D eigenvalue weighted by Crippen LogP contribution is -2.37. The summed E-state index contributed by atoms with van der Waals surface area (Å²) in [5.74, 6) is -0.889. The number of benzene rings is 2. The number of nitrogens with one attached hydrogen (secondary N) is 1. The van der Waals surface area contributed by atoms with Crippen molar-refractivity contribution in [1.29, 1.82) is 0 Å². The lowest BCUT2D eigenvalue weighted by Gasteiger charge is -2.18. The lowest BCUT2D eigenvalue weighted by atomic mass is 10.0. The molecule has 0 fully saturated rings. The number of rotatable bonds is 10. The van der Waals surface area contributed by atoms with Gasteiger partial charge in [-0.3, -0.25) is 9.59 Å². The van der Waals surface area contributed by atoms with Gasteiger partial charge >= 0.3 is 5.97 Å². The molecule has 2 rings (SSSR count). The monoisotopic (exact) mass is 368 g/mol. The summed E-state index contributed by atoms with van der Waals surface area (Å²) in [5, 5.41) is 12.0. The fraction of sp³-hybridized carbons (Fsp3) is 0.364. The number of carboxylic acid groups (broad SMARTS) is 1. The quantitative estimate of drug-likeness (QED) is 0.675. The second kappa shape index (κ2) is 10.4. The molecule has 1 atom stereocenters. The van der Waals surface area contributed by atoms with E-state index in [1.54, 1.807) is 0 Å². The van der Waals surface area contributed by atoms with Crippen molar-refractivity contribution in [1.82, 2.24) is 5.32 Å². The molecule has 2 N–H and O–H groups in total. The van der Waals surface area contributed by atoms with Gasteiger partial charge in [-0.25, -0.2) is 0 Å². The number of aryl methyl sites for hydroxylation is 1. The summed E-state index contributed by atoms with van der Waals surface area (Å²) in [4.78, 5) is 25.4. The molecule has 0 aliphatic rings. The van der Waals surface area contributed by atoms with Crippen molar-refractivity contribution in [3.05, 3.63) is 65.7 Å². The van der Waals surface area contributed by atoms with Crippen molar-refractivity contribution in [3.8, 4) is 0 Å². The predicted octanol–water partition coefficient (Wildman–Crippen LogP) is 3.28. The van der Waals surface area contributed by atoms with Gasteiger partial charge in [-0.05, 0) is 42.5 Å². The number of carbonyl (C=O) groups is 2. The highest BCUT2D eigenvalue weighted by molar-refractivity contribution is 5.76. The molecule has 0 spiro atoms. The molecule has 2 aromatic carbocycles. The zero-order chi connectivity index (χ0) is 19.6. The molecule has 1 amide bonds. The van der Waals surface area contributed by atoms with Gasteiger partial charge in [-0.15, -0.1) is 0 Å². The molecule has 5 nitrogen and oxygen atoms in total. The van der Waals surface area contributed by atoms with Crippen LogP contribution in [0.3, 0.4) is 0 Å². The number of carbonyl (C=O) groups excluding carboxylic acids is 1. The van der Waals surface area contributed by atoms with E-state index < -0.39 is 5.97 Å². The molecular weight excluding hydrogens is 340 g/mol. The second-order valence-electron chi connectivity index (χ2n) is 6.95. The highest BCUT2D eigenvalue weighted by atomic mass is 16.4. The van der Waals surface area contributed by atoms with E-state index in [4.69, 9.17) is 5.11 Å². The standard InChI is InChI=1S/C22H28N2O3/c1-24(2)20-10-6-9-18(16-20)11-13-21(25)23-19(12-14-22(26)27)15-17-7-4-3-5-8-17/h3-10,16,19H,11-15H2,1-2H3,(H,23,25)(H,26,27). The highest BCUT2D eigenvalue weighted by Gasteiger charge is 2.15. The van der Waals surface area contributed by atoms with Crippen LogP contribution in [0.5, 0.6) is 0 Å². The Morgan fingerprint density at radius 1 is 1.00 bits per heavy atom. The molecule has 0 radical (unpaired) electrons. The average molecular weight is 368 g/mol. The Morgan fingerprint density at radius 2 is 1.70 bits per heavy atom. The first-order chi connectivity index (χ1) is 12.9. The maximum absolute atomic E-state index is 12.4. The first kappa shape index (κ1) is 20.5. The van der Waals surface area contributed by atoms with Gasteiger partial charge in [-0.2, -0.15) is 0 Å². The van der Waals surface area contributed by atoms with E-state index in [9.17, 15) is 9.59 Å². The third-order valence-corrected chi connectivity index (χ3v) is 4.46. The molecule has 0 aromatic heterocycles. The molecule has 2 aromatic rings. The van der Waals surface area contributed by atoms with E-state index in [0.717, 1.165) is 16.8 Å². The summed E-state index contributed by atoms with van der Waals surface area (Å²) in [6.45, 7) is 0. The molecule has 27 heavy (non-hydrogen) atoms. The van der Waals surface area contributed by atoms with E-state index in [1.807, 2.05) is 67.5 Å². The van der Waals surface area contributed by atoms with Crippen LogP contribution in [0.2, 0.25) is 0 Å². The SMILES string of the molecule is CN(C)c1cccc(CCC(=O)NC(CCC(=O)O)Cc2ccccc2)c1. The third-order valence-electron chi connectivity index (χ3n) is 4.46. The third kappa shape index (κ3) is 7.52. The molecule has 0 bridgehead atoms. The minimum absolute atomic E-state index is 0.0443. The zero-order valence-corrected chi connectivity index (χ0v) is 16.0. The number of hydrogen-bond acceptors (Lipinski definition) is 3. The molecule has 0 heterocycles. The van der Waals surface area contributed by atoms with Gasteiger partial charge in [0.1, 0.15) is 0 Å². The normalized spacial score (nSPS) is 11.6. The van der Waals surface area contributed by atoms with Gasteiger partial charge in [0, 0.05) is 38.7 Å². The van der Waals surface area contributed by atoms with E-state index in [-0.39, 0.29) is 18.4 Å². The number of nitrogens with zero attached hydrogens (tertiary/aromatic N) is 1. The van der Waals surface area contributed by atoms with Crippen LogP contribution in [0.15, 0.2) is 54.6 Å². The highest BCUT2D eigenvalue weighted by Crippen LogP contribution is 2.15. The van der Waals surface area contributed by atoms with Crippen LogP contribution in [0.4, 0.5) is 5.69 Å². The fourth-order valence-corrected chi connectivity index (χ4v) is 2.97. The first-order valence-electron chi connectivity index (χ1n) is 9.25. The van der Waals surface area contributed by atoms with Crippen LogP contribution < -0.4 is 10.2 Å². The van der Waals surface area contributed by atoms with E-state index in [0.29, 0.717) is 25.7 Å². The Bertz CT molecular complexity index is 744. The number of carboxylic acids is 1. The maximum Gasteiger partial charge on any atom is 0.303 e.